The lowest BCUT2D eigenvalue weighted by Crippen LogP contribution is -2.43. The monoisotopic (exact) mass is 295 g/mol. The lowest BCUT2D eigenvalue weighted by Gasteiger charge is -2.32. The van der Waals surface area contributed by atoms with E-state index in [4.69, 9.17) is 16.0 Å². The highest BCUT2D eigenvalue weighted by molar-refractivity contribution is 6.29. The van der Waals surface area contributed by atoms with Gasteiger partial charge in [0.25, 0.3) is 5.91 Å². The van der Waals surface area contributed by atoms with Gasteiger partial charge in [0.2, 0.25) is 0 Å². The first-order valence-electron chi connectivity index (χ1n) is 7.26. The summed E-state index contributed by atoms with van der Waals surface area (Å²) in [4.78, 5) is 26.4. The normalized spacial score (nSPS) is 27.1. The summed E-state index contributed by atoms with van der Waals surface area (Å²) in [7, 11) is 0. The first-order chi connectivity index (χ1) is 9.66. The third-order valence-electron chi connectivity index (χ3n) is 4.41. The van der Waals surface area contributed by atoms with Crippen molar-refractivity contribution >= 4 is 23.3 Å². The number of nitrogens with zero attached hydrogens (tertiary/aromatic N) is 1. The molecule has 2 fully saturated rings. The molecule has 3 rings (SSSR count). The van der Waals surface area contributed by atoms with Crippen LogP contribution >= 0.6 is 11.6 Å². The molecule has 2 atom stereocenters. The van der Waals surface area contributed by atoms with Gasteiger partial charge in [0.05, 0.1) is 0 Å². The van der Waals surface area contributed by atoms with E-state index < -0.39 is 0 Å². The maximum absolute atomic E-state index is 12.5. The van der Waals surface area contributed by atoms with Crippen LogP contribution in [0.4, 0.5) is 0 Å². The first-order valence-corrected chi connectivity index (χ1v) is 7.63. The van der Waals surface area contributed by atoms with Crippen molar-refractivity contribution in [1.29, 1.82) is 0 Å². The fraction of sp³-hybridized carbons (Fsp3) is 0.600. The van der Waals surface area contributed by atoms with Crippen LogP contribution in [0.2, 0.25) is 5.22 Å². The van der Waals surface area contributed by atoms with E-state index in [0.717, 1.165) is 32.1 Å². The molecule has 2 heterocycles. The van der Waals surface area contributed by atoms with Crippen LogP contribution in [0.15, 0.2) is 16.5 Å². The molecule has 0 spiro atoms. The summed E-state index contributed by atoms with van der Waals surface area (Å²) in [6, 6.07) is 3.22. The smallest absolute Gasteiger partial charge is 0.289 e. The van der Waals surface area contributed by atoms with Gasteiger partial charge in [-0.2, -0.15) is 0 Å². The van der Waals surface area contributed by atoms with Crippen molar-refractivity contribution < 1.29 is 14.0 Å². The molecule has 1 saturated heterocycles. The number of carbonyl (C=O) groups is 2. The number of carbonyl (C=O) groups excluding carboxylic acids is 2. The highest BCUT2D eigenvalue weighted by Gasteiger charge is 2.39. The highest BCUT2D eigenvalue weighted by atomic mass is 35.5. The summed E-state index contributed by atoms with van der Waals surface area (Å²) in [5.41, 5.74) is 0. The SMILES string of the molecule is O=C1CCCCC1C1CCCN1C(=O)c1ccc(Cl)o1. The van der Waals surface area contributed by atoms with Crippen LogP contribution < -0.4 is 0 Å². The fourth-order valence-corrected chi connectivity index (χ4v) is 3.60. The summed E-state index contributed by atoms with van der Waals surface area (Å²) >= 11 is 5.73. The molecule has 1 aliphatic carbocycles. The molecule has 2 aliphatic rings. The molecule has 1 aromatic heterocycles. The number of rotatable bonds is 2. The fourth-order valence-electron chi connectivity index (χ4n) is 3.45. The Morgan fingerprint density at radius 2 is 2.10 bits per heavy atom. The number of likely N-dealkylation sites (tertiary alicyclic amines) is 1. The lowest BCUT2D eigenvalue weighted by molar-refractivity contribution is -0.126. The zero-order chi connectivity index (χ0) is 14.1. The number of ketones is 1. The average Bonchev–Trinajstić information content (AvgIpc) is 3.07. The van der Waals surface area contributed by atoms with Crippen molar-refractivity contribution in [2.24, 2.45) is 5.92 Å². The molecule has 4 nitrogen and oxygen atoms in total. The van der Waals surface area contributed by atoms with Crippen LogP contribution in [-0.2, 0) is 4.79 Å². The van der Waals surface area contributed by atoms with E-state index in [9.17, 15) is 9.59 Å². The number of furan rings is 1. The largest absolute Gasteiger partial charge is 0.440 e. The maximum atomic E-state index is 12.5. The molecule has 1 aromatic rings. The number of amides is 1. The van der Waals surface area contributed by atoms with Gasteiger partial charge in [0.1, 0.15) is 5.78 Å². The minimum atomic E-state index is -0.141. The Bertz CT molecular complexity index is 525. The molecule has 1 amide bonds. The van der Waals surface area contributed by atoms with E-state index in [1.54, 1.807) is 12.1 Å². The Hall–Kier alpha value is -1.29. The third-order valence-corrected chi connectivity index (χ3v) is 4.61. The van der Waals surface area contributed by atoms with E-state index in [2.05, 4.69) is 0 Å². The highest BCUT2D eigenvalue weighted by Crippen LogP contribution is 2.33. The molecule has 1 saturated carbocycles. The Kier molecular flexibility index (Phi) is 3.83. The van der Waals surface area contributed by atoms with E-state index in [1.165, 1.54) is 0 Å². The summed E-state index contributed by atoms with van der Waals surface area (Å²) in [5.74, 6) is 0.460. The minimum absolute atomic E-state index is 0.0145. The van der Waals surface area contributed by atoms with E-state index >= 15 is 0 Å². The minimum Gasteiger partial charge on any atom is -0.440 e. The zero-order valence-corrected chi connectivity index (χ0v) is 12.1. The molecule has 0 radical (unpaired) electrons. The van der Waals surface area contributed by atoms with Gasteiger partial charge in [-0.1, -0.05) is 6.42 Å². The zero-order valence-electron chi connectivity index (χ0n) is 11.3. The lowest BCUT2D eigenvalue weighted by atomic mass is 9.82. The van der Waals surface area contributed by atoms with Crippen molar-refractivity contribution in [1.82, 2.24) is 4.90 Å². The Morgan fingerprint density at radius 1 is 1.25 bits per heavy atom. The molecule has 5 heteroatoms. The van der Waals surface area contributed by atoms with E-state index in [-0.39, 0.29) is 28.8 Å². The van der Waals surface area contributed by atoms with Gasteiger partial charge in [-0.05, 0) is 49.4 Å². The molecule has 20 heavy (non-hydrogen) atoms. The second-order valence-corrected chi connectivity index (χ2v) is 6.00. The standard InChI is InChI=1S/C15H18ClNO3/c16-14-8-7-13(20-14)15(19)17-9-3-5-11(17)10-4-1-2-6-12(10)18/h7-8,10-11H,1-6,9H2. The van der Waals surface area contributed by atoms with Crippen LogP contribution in [0.3, 0.4) is 0 Å². The van der Waals surface area contributed by atoms with Gasteiger partial charge in [-0.15, -0.1) is 0 Å². The molecule has 0 N–H and O–H groups in total. The van der Waals surface area contributed by atoms with Gasteiger partial charge in [0.15, 0.2) is 11.0 Å². The van der Waals surface area contributed by atoms with E-state index in [0.29, 0.717) is 18.7 Å². The van der Waals surface area contributed by atoms with Gasteiger partial charge < -0.3 is 9.32 Å². The second kappa shape index (κ2) is 5.60. The van der Waals surface area contributed by atoms with Gasteiger partial charge in [-0.25, -0.2) is 0 Å². The topological polar surface area (TPSA) is 50.5 Å². The molecule has 108 valence electrons. The molecule has 0 aromatic carbocycles. The maximum Gasteiger partial charge on any atom is 0.289 e. The van der Waals surface area contributed by atoms with Crippen molar-refractivity contribution in [3.63, 3.8) is 0 Å². The first kappa shape index (κ1) is 13.7. The van der Waals surface area contributed by atoms with Crippen molar-refractivity contribution in [2.75, 3.05) is 6.54 Å². The summed E-state index contributed by atoms with van der Waals surface area (Å²) in [6.45, 7) is 0.700. The molecule has 2 unspecified atom stereocenters. The van der Waals surface area contributed by atoms with Crippen LogP contribution in [0.1, 0.15) is 49.1 Å². The molecular formula is C15H18ClNO3. The Morgan fingerprint density at radius 3 is 2.80 bits per heavy atom. The predicted octanol–water partition coefficient (Wildman–Crippen LogP) is 3.30. The predicted molar refractivity (Wildman–Crippen MR) is 74.7 cm³/mol. The molecule has 1 aliphatic heterocycles. The van der Waals surface area contributed by atoms with Gasteiger partial charge in [0, 0.05) is 24.9 Å². The number of hydrogen-bond donors (Lipinski definition) is 0. The van der Waals surface area contributed by atoms with Crippen molar-refractivity contribution in [2.45, 2.75) is 44.6 Å². The summed E-state index contributed by atoms with van der Waals surface area (Å²) in [6.07, 6.45) is 5.51. The Balaban J connectivity index is 1.78. The van der Waals surface area contributed by atoms with E-state index in [1.807, 2.05) is 4.90 Å². The van der Waals surface area contributed by atoms with Crippen LogP contribution in [-0.4, -0.2) is 29.2 Å². The second-order valence-electron chi connectivity index (χ2n) is 5.63. The summed E-state index contributed by atoms with van der Waals surface area (Å²) in [5, 5.41) is 0.220. The van der Waals surface area contributed by atoms with Crippen LogP contribution in [0.25, 0.3) is 0 Å². The van der Waals surface area contributed by atoms with Crippen molar-refractivity contribution in [3.05, 3.63) is 23.1 Å². The van der Waals surface area contributed by atoms with Gasteiger partial charge in [-0.3, -0.25) is 9.59 Å². The van der Waals surface area contributed by atoms with Gasteiger partial charge >= 0.3 is 0 Å². The Labute approximate surface area is 123 Å². The third kappa shape index (κ3) is 2.49. The average molecular weight is 296 g/mol. The summed E-state index contributed by atoms with van der Waals surface area (Å²) < 4.78 is 5.21. The van der Waals surface area contributed by atoms with Crippen molar-refractivity contribution in [3.8, 4) is 0 Å². The number of halogens is 1. The quantitative estimate of drug-likeness (QED) is 0.841. The molecular weight excluding hydrogens is 278 g/mol. The molecule has 0 bridgehead atoms. The number of Topliss-reactive ketones (excluding diaryl/α,β-unsaturated/α-hetero) is 1. The van der Waals surface area contributed by atoms with Crippen LogP contribution in [0.5, 0.6) is 0 Å². The van der Waals surface area contributed by atoms with Crippen LogP contribution in [0, 0.1) is 5.92 Å². The number of hydrogen-bond acceptors (Lipinski definition) is 3.